The molecule has 0 aromatic heterocycles. The van der Waals surface area contributed by atoms with Gasteiger partial charge >= 0.3 is 5.97 Å². The number of aryl methyl sites for hydroxylation is 1. The summed E-state index contributed by atoms with van der Waals surface area (Å²) >= 11 is 0. The van der Waals surface area contributed by atoms with Crippen LogP contribution in [0, 0.1) is 0 Å². The van der Waals surface area contributed by atoms with E-state index in [0.29, 0.717) is 17.0 Å². The molecule has 5 nitrogen and oxygen atoms in total. The number of hydrogen-bond donors (Lipinski definition) is 2. The van der Waals surface area contributed by atoms with Gasteiger partial charge in [-0.05, 0) is 30.2 Å². The Labute approximate surface area is 111 Å². The molecule has 5 heteroatoms. The van der Waals surface area contributed by atoms with Gasteiger partial charge in [-0.15, -0.1) is 0 Å². The van der Waals surface area contributed by atoms with Crippen molar-refractivity contribution in [1.29, 1.82) is 0 Å². The van der Waals surface area contributed by atoms with E-state index in [1.807, 2.05) is 6.92 Å². The molecule has 0 saturated carbocycles. The molecular weight excluding hydrogens is 246 g/mol. The van der Waals surface area contributed by atoms with Crippen molar-refractivity contribution in [3.8, 4) is 5.75 Å². The third kappa shape index (κ3) is 4.13. The summed E-state index contributed by atoms with van der Waals surface area (Å²) in [4.78, 5) is 21.8. The first-order chi connectivity index (χ1) is 8.97. The molecule has 0 aliphatic heterocycles. The highest BCUT2D eigenvalue weighted by Crippen LogP contribution is 2.28. The number of nitrogens with one attached hydrogen (secondary N) is 1. The first-order valence-electron chi connectivity index (χ1n) is 5.87. The average molecular weight is 263 g/mol. The van der Waals surface area contributed by atoms with Crippen molar-refractivity contribution < 1.29 is 19.4 Å². The van der Waals surface area contributed by atoms with Gasteiger partial charge in [0.1, 0.15) is 5.75 Å². The number of amides is 1. The fourth-order valence-electron chi connectivity index (χ4n) is 1.70. The van der Waals surface area contributed by atoms with Gasteiger partial charge in [0, 0.05) is 24.3 Å². The van der Waals surface area contributed by atoms with E-state index in [4.69, 9.17) is 9.84 Å². The van der Waals surface area contributed by atoms with Gasteiger partial charge in [0.2, 0.25) is 5.91 Å². The second-order valence-corrected chi connectivity index (χ2v) is 3.96. The lowest BCUT2D eigenvalue weighted by Gasteiger charge is -2.13. The van der Waals surface area contributed by atoms with Gasteiger partial charge in [-0.3, -0.25) is 4.79 Å². The Morgan fingerprint density at radius 1 is 1.42 bits per heavy atom. The maximum atomic E-state index is 11.2. The Kier molecular flexibility index (Phi) is 5.11. The lowest BCUT2D eigenvalue weighted by atomic mass is 10.0. The molecular formula is C14H17NO4. The summed E-state index contributed by atoms with van der Waals surface area (Å²) in [6.07, 6.45) is 3.19. The normalized spacial score (nSPS) is 10.5. The van der Waals surface area contributed by atoms with E-state index in [9.17, 15) is 9.59 Å². The van der Waals surface area contributed by atoms with E-state index in [2.05, 4.69) is 5.32 Å². The van der Waals surface area contributed by atoms with Crippen molar-refractivity contribution in [2.24, 2.45) is 0 Å². The lowest BCUT2D eigenvalue weighted by molar-refractivity contribution is -0.131. The molecule has 0 aliphatic carbocycles. The summed E-state index contributed by atoms with van der Waals surface area (Å²) in [7, 11) is 1.55. The van der Waals surface area contributed by atoms with Gasteiger partial charge in [-0.1, -0.05) is 6.92 Å². The molecule has 0 fully saturated rings. The van der Waals surface area contributed by atoms with Gasteiger partial charge in [-0.25, -0.2) is 4.79 Å². The van der Waals surface area contributed by atoms with Crippen LogP contribution in [0.25, 0.3) is 6.08 Å². The topological polar surface area (TPSA) is 75.6 Å². The van der Waals surface area contributed by atoms with Crippen molar-refractivity contribution in [2.45, 2.75) is 20.3 Å². The molecule has 2 N–H and O–H groups in total. The molecule has 0 bridgehead atoms. The molecule has 19 heavy (non-hydrogen) atoms. The molecule has 1 aromatic carbocycles. The smallest absolute Gasteiger partial charge is 0.328 e. The largest absolute Gasteiger partial charge is 0.496 e. The quantitative estimate of drug-likeness (QED) is 0.799. The number of anilines is 1. The fraction of sp³-hybridized carbons (Fsp3) is 0.286. The van der Waals surface area contributed by atoms with Crippen molar-refractivity contribution in [3.05, 3.63) is 29.3 Å². The Morgan fingerprint density at radius 2 is 2.11 bits per heavy atom. The van der Waals surface area contributed by atoms with Gasteiger partial charge in [0.25, 0.3) is 0 Å². The maximum absolute atomic E-state index is 11.2. The van der Waals surface area contributed by atoms with Crippen LogP contribution in [-0.2, 0) is 16.0 Å². The third-order valence-electron chi connectivity index (χ3n) is 2.55. The Bertz CT molecular complexity index is 520. The van der Waals surface area contributed by atoms with Crippen LogP contribution >= 0.6 is 0 Å². The lowest BCUT2D eigenvalue weighted by Crippen LogP contribution is -2.08. The highest BCUT2D eigenvalue weighted by atomic mass is 16.5. The van der Waals surface area contributed by atoms with Gasteiger partial charge in [0.15, 0.2) is 0 Å². The summed E-state index contributed by atoms with van der Waals surface area (Å²) < 4.78 is 5.25. The summed E-state index contributed by atoms with van der Waals surface area (Å²) in [5, 5.41) is 11.4. The number of hydrogen-bond acceptors (Lipinski definition) is 3. The van der Waals surface area contributed by atoms with Gasteiger partial charge < -0.3 is 15.2 Å². The highest BCUT2D eigenvalue weighted by molar-refractivity contribution is 5.93. The predicted octanol–water partition coefficient (Wildman–Crippen LogP) is 2.31. The van der Waals surface area contributed by atoms with Crippen LogP contribution in [0.1, 0.15) is 25.0 Å². The zero-order valence-electron chi connectivity index (χ0n) is 11.2. The molecule has 1 rings (SSSR count). The van der Waals surface area contributed by atoms with Crippen LogP contribution in [0.2, 0.25) is 0 Å². The van der Waals surface area contributed by atoms with Crippen LogP contribution in [0.15, 0.2) is 18.2 Å². The fourth-order valence-corrected chi connectivity index (χ4v) is 1.70. The molecule has 0 radical (unpaired) electrons. The SMILES string of the molecule is CCc1cc(NC(C)=O)c(/C=C/C(=O)O)cc1OC. The van der Waals surface area contributed by atoms with Crippen LogP contribution in [0.4, 0.5) is 5.69 Å². The number of aliphatic carboxylic acids is 1. The monoisotopic (exact) mass is 263 g/mol. The second-order valence-electron chi connectivity index (χ2n) is 3.96. The number of rotatable bonds is 5. The summed E-state index contributed by atoms with van der Waals surface area (Å²) in [6.45, 7) is 3.38. The van der Waals surface area contributed by atoms with Crippen molar-refractivity contribution in [2.75, 3.05) is 12.4 Å². The number of carbonyl (C=O) groups excluding carboxylic acids is 1. The number of methoxy groups -OCH3 is 1. The molecule has 0 atom stereocenters. The Hall–Kier alpha value is -2.30. The molecule has 0 unspecified atom stereocenters. The molecule has 102 valence electrons. The van der Waals surface area contributed by atoms with Crippen LogP contribution in [-0.4, -0.2) is 24.1 Å². The average Bonchev–Trinajstić information content (AvgIpc) is 2.35. The van der Waals surface area contributed by atoms with Gasteiger partial charge in [0.05, 0.1) is 7.11 Å². The molecule has 1 amide bonds. The maximum Gasteiger partial charge on any atom is 0.328 e. The second kappa shape index (κ2) is 6.58. The summed E-state index contributed by atoms with van der Waals surface area (Å²) in [5.41, 5.74) is 2.10. The minimum Gasteiger partial charge on any atom is -0.496 e. The minimum absolute atomic E-state index is 0.211. The zero-order valence-corrected chi connectivity index (χ0v) is 11.2. The molecule has 0 aliphatic rings. The van der Waals surface area contributed by atoms with E-state index in [1.165, 1.54) is 13.0 Å². The summed E-state index contributed by atoms with van der Waals surface area (Å²) in [6, 6.07) is 3.51. The van der Waals surface area contributed by atoms with E-state index in [1.54, 1.807) is 19.2 Å². The number of ether oxygens (including phenoxy) is 1. The van der Waals surface area contributed by atoms with Crippen LogP contribution < -0.4 is 10.1 Å². The zero-order chi connectivity index (χ0) is 14.4. The van der Waals surface area contributed by atoms with E-state index < -0.39 is 5.97 Å². The van der Waals surface area contributed by atoms with Gasteiger partial charge in [-0.2, -0.15) is 0 Å². The molecule has 0 saturated heterocycles. The highest BCUT2D eigenvalue weighted by Gasteiger charge is 2.09. The Morgan fingerprint density at radius 3 is 2.58 bits per heavy atom. The molecule has 0 spiro atoms. The number of carboxylic acid groups (broad SMARTS) is 1. The standard InChI is InChI=1S/C14H17NO4/c1-4-10-7-12(15-9(2)16)11(5-6-14(17)18)8-13(10)19-3/h5-8H,4H2,1-3H3,(H,15,16)(H,17,18)/b6-5+. The molecule has 1 aromatic rings. The summed E-state index contributed by atoms with van der Waals surface area (Å²) in [5.74, 6) is -0.592. The van der Waals surface area contributed by atoms with E-state index >= 15 is 0 Å². The number of benzene rings is 1. The first kappa shape index (κ1) is 14.8. The van der Waals surface area contributed by atoms with Crippen molar-refractivity contribution in [3.63, 3.8) is 0 Å². The van der Waals surface area contributed by atoms with E-state index in [-0.39, 0.29) is 5.91 Å². The number of carbonyl (C=O) groups is 2. The molecule has 0 heterocycles. The van der Waals surface area contributed by atoms with Crippen LogP contribution in [0.3, 0.4) is 0 Å². The van der Waals surface area contributed by atoms with E-state index in [0.717, 1.165) is 18.1 Å². The van der Waals surface area contributed by atoms with Crippen LogP contribution in [0.5, 0.6) is 5.75 Å². The third-order valence-corrected chi connectivity index (χ3v) is 2.55. The first-order valence-corrected chi connectivity index (χ1v) is 5.87. The predicted molar refractivity (Wildman–Crippen MR) is 73.3 cm³/mol. The Balaban J connectivity index is 3.30. The van der Waals surface area contributed by atoms with Crippen molar-refractivity contribution >= 4 is 23.6 Å². The minimum atomic E-state index is -1.05. The number of carboxylic acids is 1. The van der Waals surface area contributed by atoms with Crippen molar-refractivity contribution in [1.82, 2.24) is 0 Å².